The molecule has 5 rings (SSSR count). The van der Waals surface area contributed by atoms with Gasteiger partial charge in [0.1, 0.15) is 0 Å². The van der Waals surface area contributed by atoms with Gasteiger partial charge >= 0.3 is 0 Å². The molecular weight excluding hydrogens is 308 g/mol. The number of amides is 1. The van der Waals surface area contributed by atoms with Gasteiger partial charge in [0.25, 0.3) is 5.91 Å². The van der Waals surface area contributed by atoms with Crippen LogP contribution < -0.4 is 10.6 Å². The Morgan fingerprint density at radius 3 is 2.39 bits per heavy atom. The predicted octanol–water partition coefficient (Wildman–Crippen LogP) is 3.49. The smallest absolute Gasteiger partial charge is 0.293 e. The molecule has 4 nitrogen and oxygen atoms in total. The third-order valence-corrected chi connectivity index (χ3v) is 6.54. The monoisotopic (exact) mass is 332 g/mol. The zero-order valence-electron chi connectivity index (χ0n) is 13.5. The summed E-state index contributed by atoms with van der Waals surface area (Å²) in [6.45, 7) is 2.23. The second-order valence-corrected chi connectivity index (χ2v) is 8.31. The lowest BCUT2D eigenvalue weighted by Gasteiger charge is -2.59. The quantitative estimate of drug-likeness (QED) is 0.832. The largest absolute Gasteiger partial charge is 0.459 e. The Kier molecular flexibility index (Phi) is 3.71. The van der Waals surface area contributed by atoms with Crippen LogP contribution in [0.2, 0.25) is 0 Å². The molecule has 5 heteroatoms. The van der Waals surface area contributed by atoms with Crippen molar-refractivity contribution in [2.45, 2.75) is 51.5 Å². The standard InChI is InChI=1S/C18H24N2O2S/c1-11(19-17(23)20-16(21)15-3-2-4-22-15)18-8-12-5-13(9-18)7-14(6-12)10-18/h2-4,11-14H,5-10H2,1H3,(H2,19,20,21,23)/t11-,12?,13?,14?,18?/m1/s1. The van der Waals surface area contributed by atoms with Gasteiger partial charge in [-0.25, -0.2) is 0 Å². The predicted molar refractivity (Wildman–Crippen MR) is 92.0 cm³/mol. The van der Waals surface area contributed by atoms with Crippen LogP contribution in [0.5, 0.6) is 0 Å². The van der Waals surface area contributed by atoms with Crippen molar-refractivity contribution in [2.75, 3.05) is 0 Å². The fourth-order valence-corrected chi connectivity index (χ4v) is 5.94. The van der Waals surface area contributed by atoms with E-state index in [0.717, 1.165) is 17.8 Å². The first kappa shape index (κ1) is 15.2. The minimum Gasteiger partial charge on any atom is -0.459 e. The molecule has 0 radical (unpaired) electrons. The van der Waals surface area contributed by atoms with E-state index in [4.69, 9.17) is 16.6 Å². The Balaban J connectivity index is 1.39. The number of rotatable bonds is 3. The number of carbonyl (C=O) groups excluding carboxylic acids is 1. The van der Waals surface area contributed by atoms with Gasteiger partial charge in [-0.3, -0.25) is 10.1 Å². The van der Waals surface area contributed by atoms with Crippen LogP contribution in [0.1, 0.15) is 56.0 Å². The van der Waals surface area contributed by atoms with Crippen molar-refractivity contribution in [3.8, 4) is 0 Å². The molecule has 0 unspecified atom stereocenters. The lowest BCUT2D eigenvalue weighted by atomic mass is 9.48. The molecule has 4 bridgehead atoms. The third kappa shape index (κ3) is 2.80. The minimum atomic E-state index is -0.287. The Hall–Kier alpha value is -1.36. The maximum absolute atomic E-state index is 12.0. The molecule has 4 aliphatic carbocycles. The first-order chi connectivity index (χ1) is 11.0. The summed E-state index contributed by atoms with van der Waals surface area (Å²) in [4.78, 5) is 12.0. The second-order valence-electron chi connectivity index (χ2n) is 7.91. The molecule has 1 aromatic heterocycles. The normalized spacial score (nSPS) is 35.8. The number of hydrogen-bond acceptors (Lipinski definition) is 3. The van der Waals surface area contributed by atoms with E-state index in [1.54, 1.807) is 12.1 Å². The van der Waals surface area contributed by atoms with Crippen LogP contribution >= 0.6 is 12.2 Å². The Morgan fingerprint density at radius 2 is 1.87 bits per heavy atom. The van der Waals surface area contributed by atoms with Gasteiger partial charge in [-0.1, -0.05) is 0 Å². The number of nitrogens with one attached hydrogen (secondary N) is 2. The van der Waals surface area contributed by atoms with Gasteiger partial charge in [0.05, 0.1) is 6.26 Å². The van der Waals surface area contributed by atoms with Crippen LogP contribution in [0.25, 0.3) is 0 Å². The number of carbonyl (C=O) groups is 1. The molecule has 0 aromatic carbocycles. The summed E-state index contributed by atoms with van der Waals surface area (Å²) in [5, 5.41) is 6.53. The highest BCUT2D eigenvalue weighted by Crippen LogP contribution is 2.61. The van der Waals surface area contributed by atoms with E-state index in [2.05, 4.69) is 17.6 Å². The Morgan fingerprint density at radius 1 is 1.26 bits per heavy atom. The average Bonchev–Trinajstić information content (AvgIpc) is 2.99. The van der Waals surface area contributed by atoms with Crippen molar-refractivity contribution in [3.05, 3.63) is 24.2 Å². The topological polar surface area (TPSA) is 54.3 Å². The van der Waals surface area contributed by atoms with Crippen LogP contribution in [0.15, 0.2) is 22.8 Å². The van der Waals surface area contributed by atoms with E-state index >= 15 is 0 Å². The van der Waals surface area contributed by atoms with E-state index in [0.29, 0.717) is 16.6 Å². The molecule has 1 aromatic rings. The summed E-state index contributed by atoms with van der Waals surface area (Å²) in [5.41, 5.74) is 0.369. The van der Waals surface area contributed by atoms with Crippen molar-refractivity contribution in [2.24, 2.45) is 23.2 Å². The molecule has 4 fully saturated rings. The fraction of sp³-hybridized carbons (Fsp3) is 0.667. The summed E-state index contributed by atoms with van der Waals surface area (Å²) in [7, 11) is 0. The first-order valence-corrected chi connectivity index (χ1v) is 9.10. The molecule has 0 aliphatic heterocycles. The van der Waals surface area contributed by atoms with Crippen molar-refractivity contribution < 1.29 is 9.21 Å². The Labute approximate surface area is 142 Å². The summed E-state index contributed by atoms with van der Waals surface area (Å²) in [6.07, 6.45) is 9.76. The molecule has 0 saturated heterocycles. The minimum absolute atomic E-state index is 0.287. The van der Waals surface area contributed by atoms with Crippen LogP contribution in [-0.2, 0) is 0 Å². The van der Waals surface area contributed by atoms with Crippen molar-refractivity contribution >= 4 is 23.2 Å². The molecule has 0 spiro atoms. The van der Waals surface area contributed by atoms with Crippen molar-refractivity contribution in [1.82, 2.24) is 10.6 Å². The lowest BCUT2D eigenvalue weighted by molar-refractivity contribution is -0.0672. The second kappa shape index (κ2) is 5.62. The summed E-state index contributed by atoms with van der Waals surface area (Å²) in [5.74, 6) is 2.74. The summed E-state index contributed by atoms with van der Waals surface area (Å²) >= 11 is 5.35. The molecule has 4 aliphatic rings. The zero-order chi connectivity index (χ0) is 16.0. The zero-order valence-corrected chi connectivity index (χ0v) is 14.3. The van der Waals surface area contributed by atoms with E-state index in [1.165, 1.54) is 44.8 Å². The fourth-order valence-electron chi connectivity index (χ4n) is 5.67. The lowest BCUT2D eigenvalue weighted by Crippen LogP contribution is -2.57. The van der Waals surface area contributed by atoms with E-state index in [-0.39, 0.29) is 11.7 Å². The average molecular weight is 332 g/mol. The van der Waals surface area contributed by atoms with Gasteiger partial charge in [-0.05, 0) is 93.0 Å². The number of thiocarbonyl (C=S) groups is 1. The van der Waals surface area contributed by atoms with Crippen LogP contribution in [0, 0.1) is 23.2 Å². The number of furan rings is 1. The van der Waals surface area contributed by atoms with E-state index in [9.17, 15) is 4.79 Å². The maximum atomic E-state index is 12.0. The SMILES string of the molecule is C[C@@H](NC(=S)NC(=O)c1ccco1)C12CC3CC(CC(C3)C1)C2. The van der Waals surface area contributed by atoms with Gasteiger partial charge in [0.2, 0.25) is 0 Å². The van der Waals surface area contributed by atoms with Crippen molar-refractivity contribution in [1.29, 1.82) is 0 Å². The summed E-state index contributed by atoms with van der Waals surface area (Å²) in [6, 6.07) is 3.64. The highest BCUT2D eigenvalue weighted by molar-refractivity contribution is 7.80. The molecule has 124 valence electrons. The maximum Gasteiger partial charge on any atom is 0.293 e. The number of hydrogen-bond donors (Lipinski definition) is 2. The van der Waals surface area contributed by atoms with E-state index in [1.807, 2.05) is 0 Å². The van der Waals surface area contributed by atoms with Crippen LogP contribution in [0.4, 0.5) is 0 Å². The molecule has 23 heavy (non-hydrogen) atoms. The summed E-state index contributed by atoms with van der Waals surface area (Å²) < 4.78 is 5.10. The van der Waals surface area contributed by atoms with Crippen molar-refractivity contribution in [3.63, 3.8) is 0 Å². The van der Waals surface area contributed by atoms with E-state index < -0.39 is 0 Å². The highest BCUT2D eigenvalue weighted by atomic mass is 32.1. The molecule has 2 N–H and O–H groups in total. The first-order valence-electron chi connectivity index (χ1n) is 8.69. The molecule has 1 amide bonds. The van der Waals surface area contributed by atoms with Gasteiger partial charge in [-0.15, -0.1) is 0 Å². The van der Waals surface area contributed by atoms with Gasteiger partial charge in [-0.2, -0.15) is 0 Å². The van der Waals surface area contributed by atoms with Crippen LogP contribution in [-0.4, -0.2) is 17.1 Å². The van der Waals surface area contributed by atoms with Crippen LogP contribution in [0.3, 0.4) is 0 Å². The molecule has 1 heterocycles. The van der Waals surface area contributed by atoms with Gasteiger partial charge in [0.15, 0.2) is 10.9 Å². The molecule has 1 atom stereocenters. The van der Waals surface area contributed by atoms with Gasteiger partial charge in [0, 0.05) is 6.04 Å². The molecule has 4 saturated carbocycles. The third-order valence-electron chi connectivity index (χ3n) is 6.32. The van der Waals surface area contributed by atoms with Gasteiger partial charge < -0.3 is 9.73 Å². The Bertz CT molecular complexity index is 575. The highest BCUT2D eigenvalue weighted by Gasteiger charge is 2.53. The molecular formula is C18H24N2O2S.